The largest absolute Gasteiger partial charge is 0.466 e. The predicted molar refractivity (Wildman–Crippen MR) is 58.9 cm³/mol. The molecular formula is C13H13F3O2. The quantitative estimate of drug-likeness (QED) is 0.779. The third-order valence-corrected chi connectivity index (χ3v) is 3.33. The Kier molecular flexibility index (Phi) is 3.09. The molecule has 1 aromatic rings. The molecule has 1 aliphatic carbocycles. The number of hydrogen-bond donors (Lipinski definition) is 0. The van der Waals surface area contributed by atoms with E-state index in [1.807, 2.05) is 0 Å². The van der Waals surface area contributed by atoms with Crippen LogP contribution in [0, 0.1) is 5.92 Å². The molecule has 0 spiro atoms. The monoisotopic (exact) mass is 258 g/mol. The Hall–Kier alpha value is -1.52. The second kappa shape index (κ2) is 4.30. The van der Waals surface area contributed by atoms with E-state index in [-0.39, 0.29) is 18.6 Å². The molecule has 0 amide bonds. The summed E-state index contributed by atoms with van der Waals surface area (Å²) in [7, 11) is 0. The van der Waals surface area contributed by atoms with Crippen LogP contribution in [0.4, 0.5) is 13.2 Å². The Morgan fingerprint density at radius 2 is 2.00 bits per heavy atom. The van der Waals surface area contributed by atoms with Crippen LogP contribution in [-0.2, 0) is 14.9 Å². The summed E-state index contributed by atoms with van der Waals surface area (Å²) >= 11 is 0. The zero-order chi connectivity index (χ0) is 13.4. The zero-order valence-electron chi connectivity index (χ0n) is 9.83. The first-order chi connectivity index (χ1) is 8.43. The molecule has 0 unspecified atom stereocenters. The Morgan fingerprint density at radius 1 is 1.39 bits per heavy atom. The van der Waals surface area contributed by atoms with E-state index in [1.165, 1.54) is 12.1 Å². The highest BCUT2D eigenvalue weighted by atomic mass is 19.4. The number of ether oxygens (including phenoxy) is 1. The fourth-order valence-corrected chi connectivity index (χ4v) is 2.32. The number of halogens is 3. The van der Waals surface area contributed by atoms with Crippen LogP contribution in [0.2, 0.25) is 0 Å². The molecule has 0 aromatic heterocycles. The first-order valence-electron chi connectivity index (χ1n) is 5.72. The molecule has 1 aromatic carbocycles. The van der Waals surface area contributed by atoms with E-state index in [9.17, 15) is 18.0 Å². The van der Waals surface area contributed by atoms with Gasteiger partial charge in [-0.2, -0.15) is 13.2 Å². The predicted octanol–water partition coefficient (Wildman–Crippen LogP) is 3.07. The molecule has 0 radical (unpaired) electrons. The molecule has 1 saturated carbocycles. The number of alkyl halides is 3. The maximum atomic E-state index is 13.2. The first kappa shape index (κ1) is 12.9. The average molecular weight is 258 g/mol. The number of benzene rings is 1. The highest BCUT2D eigenvalue weighted by molar-refractivity contribution is 5.79. The van der Waals surface area contributed by atoms with Crippen molar-refractivity contribution >= 4 is 5.97 Å². The van der Waals surface area contributed by atoms with E-state index in [1.54, 1.807) is 25.1 Å². The van der Waals surface area contributed by atoms with E-state index >= 15 is 0 Å². The van der Waals surface area contributed by atoms with E-state index in [0.29, 0.717) is 0 Å². The minimum Gasteiger partial charge on any atom is -0.466 e. The number of carbonyl (C=O) groups excluding carboxylic acids is 1. The molecule has 5 heteroatoms. The number of rotatable bonds is 3. The lowest BCUT2D eigenvalue weighted by atomic mass is 9.92. The van der Waals surface area contributed by atoms with Crippen LogP contribution in [0.5, 0.6) is 0 Å². The highest BCUT2D eigenvalue weighted by Gasteiger charge is 2.74. The fraction of sp³-hybridized carbons (Fsp3) is 0.462. The van der Waals surface area contributed by atoms with Crippen molar-refractivity contribution in [2.75, 3.05) is 6.61 Å². The van der Waals surface area contributed by atoms with Gasteiger partial charge in [-0.15, -0.1) is 0 Å². The Bertz CT molecular complexity index is 441. The zero-order valence-corrected chi connectivity index (χ0v) is 9.83. The summed E-state index contributed by atoms with van der Waals surface area (Å²) in [4.78, 5) is 11.5. The Morgan fingerprint density at radius 3 is 2.50 bits per heavy atom. The molecule has 0 aliphatic heterocycles. The molecule has 0 heterocycles. The van der Waals surface area contributed by atoms with Gasteiger partial charge in [-0.1, -0.05) is 30.3 Å². The van der Waals surface area contributed by atoms with Crippen molar-refractivity contribution in [3.63, 3.8) is 0 Å². The van der Waals surface area contributed by atoms with Crippen LogP contribution in [0.3, 0.4) is 0 Å². The maximum absolute atomic E-state index is 13.2. The van der Waals surface area contributed by atoms with Gasteiger partial charge >= 0.3 is 12.1 Å². The summed E-state index contributed by atoms with van der Waals surface area (Å²) in [6, 6.07) is 7.56. The van der Waals surface area contributed by atoms with Gasteiger partial charge in [0.05, 0.1) is 12.5 Å². The topological polar surface area (TPSA) is 26.3 Å². The van der Waals surface area contributed by atoms with Crippen LogP contribution in [-0.4, -0.2) is 18.8 Å². The molecule has 2 nitrogen and oxygen atoms in total. The standard InChI is InChI=1S/C13H13F3O2/c1-2-18-11(17)10-8-12(10,13(14,15)16)9-6-4-3-5-7-9/h3-7,10H,2,8H2,1H3/t10-,12-/m1/s1. The first-order valence-corrected chi connectivity index (χ1v) is 5.72. The molecular weight excluding hydrogens is 245 g/mol. The molecule has 1 fully saturated rings. The molecule has 18 heavy (non-hydrogen) atoms. The lowest BCUT2D eigenvalue weighted by Crippen LogP contribution is -2.33. The van der Waals surface area contributed by atoms with Crippen LogP contribution < -0.4 is 0 Å². The summed E-state index contributed by atoms with van der Waals surface area (Å²) in [5, 5.41) is 0. The van der Waals surface area contributed by atoms with Crippen molar-refractivity contribution in [2.45, 2.75) is 24.9 Å². The van der Waals surface area contributed by atoms with Gasteiger partial charge in [0.1, 0.15) is 5.41 Å². The number of carbonyl (C=O) groups is 1. The number of esters is 1. The van der Waals surface area contributed by atoms with Crippen molar-refractivity contribution in [3.05, 3.63) is 35.9 Å². The minimum absolute atomic E-state index is 0.0953. The van der Waals surface area contributed by atoms with Crippen molar-refractivity contribution in [1.82, 2.24) is 0 Å². The van der Waals surface area contributed by atoms with Crippen molar-refractivity contribution in [3.8, 4) is 0 Å². The van der Waals surface area contributed by atoms with Crippen molar-refractivity contribution in [1.29, 1.82) is 0 Å². The van der Waals surface area contributed by atoms with Crippen LogP contribution in [0.25, 0.3) is 0 Å². The summed E-state index contributed by atoms with van der Waals surface area (Å²) in [6.07, 6.45) is -4.66. The van der Waals surface area contributed by atoms with Gasteiger partial charge in [0, 0.05) is 0 Å². The maximum Gasteiger partial charge on any atom is 0.399 e. The third kappa shape index (κ3) is 1.87. The number of hydrogen-bond acceptors (Lipinski definition) is 2. The van der Waals surface area contributed by atoms with Crippen LogP contribution in [0.15, 0.2) is 30.3 Å². The van der Waals surface area contributed by atoms with Gasteiger partial charge in [-0.3, -0.25) is 4.79 Å². The van der Waals surface area contributed by atoms with E-state index in [4.69, 9.17) is 4.74 Å². The van der Waals surface area contributed by atoms with Crippen LogP contribution in [0.1, 0.15) is 18.9 Å². The van der Waals surface area contributed by atoms with Crippen LogP contribution >= 0.6 is 0 Å². The normalized spacial score (nSPS) is 26.8. The minimum atomic E-state index is -4.44. The summed E-state index contributed by atoms with van der Waals surface area (Å²) < 4.78 is 44.4. The lowest BCUT2D eigenvalue weighted by Gasteiger charge is -2.21. The SMILES string of the molecule is CCOC(=O)[C@H]1C[C@]1(c1ccccc1)C(F)(F)F. The molecule has 2 rings (SSSR count). The van der Waals surface area contributed by atoms with Gasteiger partial charge in [0.2, 0.25) is 0 Å². The summed E-state index contributed by atoms with van der Waals surface area (Å²) in [6.45, 7) is 1.68. The molecule has 0 N–H and O–H groups in total. The molecule has 0 bridgehead atoms. The Labute approximate surface area is 103 Å². The van der Waals surface area contributed by atoms with E-state index in [2.05, 4.69) is 0 Å². The fourth-order valence-electron chi connectivity index (χ4n) is 2.32. The summed E-state index contributed by atoms with van der Waals surface area (Å²) in [5.74, 6) is -1.88. The second-order valence-corrected chi connectivity index (χ2v) is 4.34. The van der Waals surface area contributed by atoms with Crippen molar-refractivity contribution < 1.29 is 22.7 Å². The molecule has 0 saturated heterocycles. The molecule has 1 aliphatic rings. The van der Waals surface area contributed by atoms with E-state index in [0.717, 1.165) is 0 Å². The molecule has 2 atom stereocenters. The van der Waals surface area contributed by atoms with Gasteiger partial charge in [-0.25, -0.2) is 0 Å². The molecule has 98 valence electrons. The smallest absolute Gasteiger partial charge is 0.399 e. The van der Waals surface area contributed by atoms with Gasteiger partial charge in [0.25, 0.3) is 0 Å². The van der Waals surface area contributed by atoms with Gasteiger partial charge < -0.3 is 4.74 Å². The lowest BCUT2D eigenvalue weighted by molar-refractivity contribution is -0.172. The summed E-state index contributed by atoms with van der Waals surface area (Å²) in [5.41, 5.74) is -1.92. The average Bonchev–Trinajstić information content (AvgIpc) is 3.06. The van der Waals surface area contributed by atoms with Gasteiger partial charge in [0.15, 0.2) is 0 Å². The Balaban J connectivity index is 2.33. The third-order valence-electron chi connectivity index (χ3n) is 3.33. The van der Waals surface area contributed by atoms with Gasteiger partial charge in [-0.05, 0) is 18.9 Å². The van der Waals surface area contributed by atoms with E-state index < -0.39 is 23.5 Å². The van der Waals surface area contributed by atoms with Crippen molar-refractivity contribution in [2.24, 2.45) is 5.92 Å². The second-order valence-electron chi connectivity index (χ2n) is 4.34. The highest BCUT2D eigenvalue weighted by Crippen LogP contribution is 2.63.